The van der Waals surface area contributed by atoms with E-state index >= 15 is 0 Å². The second-order valence-electron chi connectivity index (χ2n) is 4.00. The first kappa shape index (κ1) is 15.3. The lowest BCUT2D eigenvalue weighted by molar-refractivity contribution is -0.150. The molecule has 0 aliphatic carbocycles. The highest BCUT2D eigenvalue weighted by Gasteiger charge is 2.18. The van der Waals surface area contributed by atoms with Crippen LogP contribution in [0.3, 0.4) is 0 Å². The van der Waals surface area contributed by atoms with Crippen molar-refractivity contribution in [3.05, 3.63) is 33.8 Å². The summed E-state index contributed by atoms with van der Waals surface area (Å²) in [4.78, 5) is 11.1. The Morgan fingerprint density at radius 2 is 2.11 bits per heavy atom. The largest absolute Gasteiger partial charge is 0.479 e. The van der Waals surface area contributed by atoms with E-state index in [2.05, 4.69) is 0 Å². The summed E-state index contributed by atoms with van der Waals surface area (Å²) in [5, 5.41) is 9.95. The van der Waals surface area contributed by atoms with Gasteiger partial charge in [-0.25, -0.2) is 4.79 Å². The van der Waals surface area contributed by atoms with Crippen molar-refractivity contribution in [1.29, 1.82) is 0 Å². The molecular weight excluding hydrogens is 275 g/mol. The fraction of sp³-hybridized carbons (Fsp3) is 0.462. The fourth-order valence-electron chi connectivity index (χ4n) is 1.47. The van der Waals surface area contributed by atoms with Crippen LogP contribution in [0.15, 0.2) is 18.2 Å². The molecule has 3 nitrogen and oxygen atoms in total. The minimum Gasteiger partial charge on any atom is -0.479 e. The van der Waals surface area contributed by atoms with Crippen LogP contribution < -0.4 is 0 Å². The van der Waals surface area contributed by atoms with Gasteiger partial charge >= 0.3 is 5.97 Å². The van der Waals surface area contributed by atoms with Gasteiger partial charge in [0.1, 0.15) is 0 Å². The molecule has 0 saturated carbocycles. The van der Waals surface area contributed by atoms with Gasteiger partial charge in [0.15, 0.2) is 6.10 Å². The average molecular weight is 291 g/mol. The maximum absolute atomic E-state index is 11.1. The molecule has 0 fully saturated rings. The molecule has 0 radical (unpaired) electrons. The minimum absolute atomic E-state index is 0.288. The number of hydrogen-bond donors (Lipinski definition) is 1. The van der Waals surface area contributed by atoms with E-state index in [4.69, 9.17) is 33.0 Å². The lowest BCUT2D eigenvalue weighted by Gasteiger charge is -2.13. The van der Waals surface area contributed by atoms with E-state index < -0.39 is 12.1 Å². The Hall–Kier alpha value is -0.770. The van der Waals surface area contributed by atoms with Gasteiger partial charge in [-0.05, 0) is 24.1 Å². The van der Waals surface area contributed by atoms with Crippen molar-refractivity contribution < 1.29 is 14.6 Å². The maximum Gasteiger partial charge on any atom is 0.333 e. The van der Waals surface area contributed by atoms with Gasteiger partial charge in [-0.3, -0.25) is 0 Å². The molecule has 0 aliphatic rings. The predicted octanol–water partition coefficient (Wildman–Crippen LogP) is 3.81. The summed E-state index contributed by atoms with van der Waals surface area (Å²) in [6.45, 7) is 2.48. The van der Waals surface area contributed by atoms with Crippen LogP contribution in [0.2, 0.25) is 10.0 Å². The first-order valence-corrected chi connectivity index (χ1v) is 6.58. The monoisotopic (exact) mass is 290 g/mol. The Labute approximate surface area is 117 Å². The first-order chi connectivity index (χ1) is 8.54. The standard InChI is InChI=1S/C13H16Cl2O3/c1-2-3-6-18-12(13(16)17)8-9-4-5-10(14)11(15)7-9/h4-5,7,12H,2-3,6,8H2,1H3,(H,16,17). The van der Waals surface area contributed by atoms with Crippen molar-refractivity contribution >= 4 is 29.2 Å². The highest BCUT2D eigenvalue weighted by Crippen LogP contribution is 2.23. The second-order valence-corrected chi connectivity index (χ2v) is 4.82. The summed E-state index contributed by atoms with van der Waals surface area (Å²) in [5.41, 5.74) is 0.799. The maximum atomic E-state index is 11.1. The quantitative estimate of drug-likeness (QED) is 0.777. The van der Waals surface area contributed by atoms with Crippen LogP contribution in [-0.4, -0.2) is 23.8 Å². The van der Waals surface area contributed by atoms with Gasteiger partial charge in [-0.1, -0.05) is 42.6 Å². The van der Waals surface area contributed by atoms with Gasteiger partial charge in [0.05, 0.1) is 10.0 Å². The summed E-state index contributed by atoms with van der Waals surface area (Å²) >= 11 is 11.7. The number of carboxylic acids is 1. The molecule has 100 valence electrons. The van der Waals surface area contributed by atoms with Crippen molar-refractivity contribution in [2.75, 3.05) is 6.61 Å². The molecule has 0 amide bonds. The van der Waals surface area contributed by atoms with Gasteiger partial charge in [0.2, 0.25) is 0 Å². The number of carbonyl (C=O) groups is 1. The molecule has 1 rings (SSSR count). The van der Waals surface area contributed by atoms with Crippen molar-refractivity contribution in [3.63, 3.8) is 0 Å². The van der Waals surface area contributed by atoms with E-state index in [1.54, 1.807) is 18.2 Å². The molecule has 5 heteroatoms. The average Bonchev–Trinajstić information content (AvgIpc) is 2.32. The summed E-state index contributed by atoms with van der Waals surface area (Å²) in [6.07, 6.45) is 1.27. The summed E-state index contributed by atoms with van der Waals surface area (Å²) in [6, 6.07) is 5.08. The summed E-state index contributed by atoms with van der Waals surface area (Å²) in [5.74, 6) is -0.961. The smallest absolute Gasteiger partial charge is 0.333 e. The van der Waals surface area contributed by atoms with Crippen LogP contribution >= 0.6 is 23.2 Å². The molecule has 0 heterocycles. The van der Waals surface area contributed by atoms with Crippen LogP contribution in [0.25, 0.3) is 0 Å². The third-order valence-corrected chi connectivity index (χ3v) is 3.24. The molecule has 0 saturated heterocycles. The zero-order valence-electron chi connectivity index (χ0n) is 10.2. The van der Waals surface area contributed by atoms with E-state index in [9.17, 15) is 4.79 Å². The van der Waals surface area contributed by atoms with Crippen molar-refractivity contribution in [3.8, 4) is 0 Å². The molecule has 1 aromatic carbocycles. The minimum atomic E-state index is -0.961. The van der Waals surface area contributed by atoms with Gasteiger partial charge < -0.3 is 9.84 Å². The molecule has 1 N–H and O–H groups in total. The van der Waals surface area contributed by atoms with E-state index in [1.807, 2.05) is 6.92 Å². The number of aliphatic carboxylic acids is 1. The summed E-state index contributed by atoms with van der Waals surface area (Å²) < 4.78 is 5.34. The SMILES string of the molecule is CCCCOC(Cc1ccc(Cl)c(Cl)c1)C(=O)O. The van der Waals surface area contributed by atoms with Crippen molar-refractivity contribution in [1.82, 2.24) is 0 Å². The molecule has 0 aromatic heterocycles. The molecule has 0 bridgehead atoms. The van der Waals surface area contributed by atoms with Crippen LogP contribution in [-0.2, 0) is 16.0 Å². The van der Waals surface area contributed by atoms with Crippen molar-refractivity contribution in [2.24, 2.45) is 0 Å². The van der Waals surface area contributed by atoms with Crippen molar-refractivity contribution in [2.45, 2.75) is 32.3 Å². The van der Waals surface area contributed by atoms with Crippen LogP contribution in [0, 0.1) is 0 Å². The number of hydrogen-bond acceptors (Lipinski definition) is 2. The predicted molar refractivity (Wildman–Crippen MR) is 72.4 cm³/mol. The third kappa shape index (κ3) is 4.84. The fourth-order valence-corrected chi connectivity index (χ4v) is 1.79. The first-order valence-electron chi connectivity index (χ1n) is 5.83. The molecule has 1 unspecified atom stereocenters. The molecule has 1 atom stereocenters. The number of carboxylic acid groups (broad SMARTS) is 1. The van der Waals surface area contributed by atoms with Crippen LogP contribution in [0.5, 0.6) is 0 Å². The zero-order chi connectivity index (χ0) is 13.5. The number of unbranched alkanes of at least 4 members (excludes halogenated alkanes) is 1. The molecule has 0 spiro atoms. The Morgan fingerprint density at radius 1 is 1.39 bits per heavy atom. The Balaban J connectivity index is 2.64. The van der Waals surface area contributed by atoms with Gasteiger partial charge in [-0.15, -0.1) is 0 Å². The lowest BCUT2D eigenvalue weighted by atomic mass is 10.1. The Bertz CT molecular complexity index is 407. The molecule has 1 aromatic rings. The molecule has 18 heavy (non-hydrogen) atoms. The Kier molecular flexibility index (Phi) is 6.47. The van der Waals surface area contributed by atoms with Crippen LogP contribution in [0.1, 0.15) is 25.3 Å². The highest BCUT2D eigenvalue weighted by molar-refractivity contribution is 6.42. The summed E-state index contributed by atoms with van der Waals surface area (Å²) in [7, 11) is 0. The topological polar surface area (TPSA) is 46.5 Å². The van der Waals surface area contributed by atoms with E-state index in [1.165, 1.54) is 0 Å². The van der Waals surface area contributed by atoms with E-state index in [0.717, 1.165) is 18.4 Å². The lowest BCUT2D eigenvalue weighted by Crippen LogP contribution is -2.26. The number of halogens is 2. The number of ether oxygens (including phenoxy) is 1. The van der Waals surface area contributed by atoms with Crippen LogP contribution in [0.4, 0.5) is 0 Å². The normalized spacial score (nSPS) is 12.4. The highest BCUT2D eigenvalue weighted by atomic mass is 35.5. The molecular formula is C13H16Cl2O3. The van der Waals surface area contributed by atoms with E-state index in [0.29, 0.717) is 16.7 Å². The zero-order valence-corrected chi connectivity index (χ0v) is 11.7. The van der Waals surface area contributed by atoms with Gasteiger partial charge in [-0.2, -0.15) is 0 Å². The van der Waals surface area contributed by atoms with Gasteiger partial charge in [0.25, 0.3) is 0 Å². The number of benzene rings is 1. The number of rotatable bonds is 7. The second kappa shape index (κ2) is 7.62. The van der Waals surface area contributed by atoms with E-state index in [-0.39, 0.29) is 6.42 Å². The Morgan fingerprint density at radius 3 is 2.67 bits per heavy atom. The van der Waals surface area contributed by atoms with Gasteiger partial charge in [0, 0.05) is 13.0 Å². The third-order valence-electron chi connectivity index (χ3n) is 2.50. The molecule has 0 aliphatic heterocycles.